The minimum Gasteiger partial charge on any atom is -0.396 e. The molecule has 5 heteroatoms. The van der Waals surface area contributed by atoms with Crippen LogP contribution < -0.4 is 4.72 Å². The van der Waals surface area contributed by atoms with Gasteiger partial charge in [0.15, 0.2) is 0 Å². The van der Waals surface area contributed by atoms with Gasteiger partial charge in [-0.3, -0.25) is 0 Å². The van der Waals surface area contributed by atoms with Gasteiger partial charge in [-0.05, 0) is 61.6 Å². The third-order valence-electron chi connectivity index (χ3n) is 4.80. The van der Waals surface area contributed by atoms with Crippen molar-refractivity contribution < 1.29 is 13.5 Å². The van der Waals surface area contributed by atoms with E-state index in [1.165, 1.54) is 5.56 Å². The Kier molecular flexibility index (Phi) is 6.01. The highest BCUT2D eigenvalue weighted by atomic mass is 32.2. The molecule has 1 aromatic rings. The van der Waals surface area contributed by atoms with E-state index >= 15 is 0 Å². The molecule has 22 heavy (non-hydrogen) atoms. The molecule has 0 heterocycles. The molecule has 1 saturated carbocycles. The zero-order valence-corrected chi connectivity index (χ0v) is 14.3. The van der Waals surface area contributed by atoms with Crippen LogP contribution in [0.25, 0.3) is 0 Å². The molecule has 0 spiro atoms. The van der Waals surface area contributed by atoms with E-state index in [0.29, 0.717) is 16.7 Å². The van der Waals surface area contributed by atoms with Crippen LogP contribution in [-0.2, 0) is 10.0 Å². The standard InChI is InChI=1S/C17H27NO3S/c1-3-13(2)15-6-10-17(11-7-15)22(20,21)18-16-8-4-14(12-19)5-9-16/h6-7,10-11,13-14,16,18-19H,3-5,8-9,12H2,1-2H3. The van der Waals surface area contributed by atoms with Gasteiger partial charge in [0.2, 0.25) is 10.0 Å². The molecular weight excluding hydrogens is 298 g/mol. The Morgan fingerprint density at radius 2 is 1.77 bits per heavy atom. The Balaban J connectivity index is 2.01. The lowest BCUT2D eigenvalue weighted by molar-refractivity contribution is 0.180. The van der Waals surface area contributed by atoms with Gasteiger partial charge in [-0.1, -0.05) is 26.0 Å². The van der Waals surface area contributed by atoms with Crippen LogP contribution in [0.5, 0.6) is 0 Å². The molecule has 1 aliphatic carbocycles. The average molecular weight is 325 g/mol. The van der Waals surface area contributed by atoms with Crippen LogP contribution in [0.2, 0.25) is 0 Å². The van der Waals surface area contributed by atoms with Crippen LogP contribution in [0.3, 0.4) is 0 Å². The number of sulfonamides is 1. The van der Waals surface area contributed by atoms with Crippen LogP contribution in [-0.4, -0.2) is 26.2 Å². The highest BCUT2D eigenvalue weighted by Crippen LogP contribution is 2.25. The molecule has 2 rings (SSSR count). The number of aliphatic hydroxyl groups excluding tert-OH is 1. The number of benzene rings is 1. The molecule has 124 valence electrons. The highest BCUT2D eigenvalue weighted by Gasteiger charge is 2.25. The number of rotatable bonds is 6. The Bertz CT molecular complexity index is 560. The minimum absolute atomic E-state index is 0.0120. The highest BCUT2D eigenvalue weighted by molar-refractivity contribution is 7.89. The van der Waals surface area contributed by atoms with Crippen molar-refractivity contribution in [1.29, 1.82) is 0 Å². The third-order valence-corrected chi connectivity index (χ3v) is 6.33. The van der Waals surface area contributed by atoms with Crippen molar-refractivity contribution in [1.82, 2.24) is 4.72 Å². The molecular formula is C17H27NO3S. The summed E-state index contributed by atoms with van der Waals surface area (Å²) >= 11 is 0. The van der Waals surface area contributed by atoms with Gasteiger partial charge < -0.3 is 5.11 Å². The normalized spacial score (nSPS) is 24.1. The van der Waals surface area contributed by atoms with Crippen molar-refractivity contribution >= 4 is 10.0 Å². The molecule has 0 aliphatic heterocycles. The fraction of sp³-hybridized carbons (Fsp3) is 0.647. The lowest BCUT2D eigenvalue weighted by atomic mass is 9.87. The van der Waals surface area contributed by atoms with E-state index < -0.39 is 10.0 Å². The van der Waals surface area contributed by atoms with Crippen LogP contribution >= 0.6 is 0 Å². The number of nitrogens with one attached hydrogen (secondary N) is 1. The average Bonchev–Trinajstić information content (AvgIpc) is 2.54. The molecule has 1 aliphatic rings. The van der Waals surface area contributed by atoms with E-state index in [-0.39, 0.29) is 12.6 Å². The van der Waals surface area contributed by atoms with Gasteiger partial charge in [-0.25, -0.2) is 13.1 Å². The second kappa shape index (κ2) is 7.57. The fourth-order valence-corrected chi connectivity index (χ4v) is 4.27. The predicted molar refractivity (Wildman–Crippen MR) is 88.3 cm³/mol. The van der Waals surface area contributed by atoms with Crippen LogP contribution in [0.4, 0.5) is 0 Å². The van der Waals surface area contributed by atoms with E-state index in [2.05, 4.69) is 18.6 Å². The molecule has 1 unspecified atom stereocenters. The van der Waals surface area contributed by atoms with Crippen molar-refractivity contribution in [3.8, 4) is 0 Å². The molecule has 1 fully saturated rings. The maximum atomic E-state index is 12.4. The first kappa shape index (κ1) is 17.4. The first-order valence-corrected chi connectivity index (χ1v) is 9.67. The lowest BCUT2D eigenvalue weighted by Crippen LogP contribution is -2.38. The summed E-state index contributed by atoms with van der Waals surface area (Å²) in [6.45, 7) is 4.47. The smallest absolute Gasteiger partial charge is 0.240 e. The fourth-order valence-electron chi connectivity index (χ4n) is 2.96. The monoisotopic (exact) mass is 325 g/mol. The van der Waals surface area contributed by atoms with E-state index in [1.807, 2.05) is 12.1 Å². The summed E-state index contributed by atoms with van der Waals surface area (Å²) in [7, 11) is -3.45. The molecule has 2 N–H and O–H groups in total. The Morgan fingerprint density at radius 3 is 2.27 bits per heavy atom. The zero-order chi connectivity index (χ0) is 16.2. The molecule has 0 amide bonds. The Hall–Kier alpha value is -0.910. The van der Waals surface area contributed by atoms with Gasteiger partial charge in [0.05, 0.1) is 4.90 Å². The summed E-state index contributed by atoms with van der Waals surface area (Å²) in [6.07, 6.45) is 4.41. The number of hydrogen-bond acceptors (Lipinski definition) is 3. The summed E-state index contributed by atoms with van der Waals surface area (Å²) in [5.74, 6) is 0.772. The van der Waals surface area contributed by atoms with Gasteiger partial charge in [-0.2, -0.15) is 0 Å². The van der Waals surface area contributed by atoms with Crippen molar-refractivity contribution in [2.75, 3.05) is 6.61 Å². The molecule has 0 bridgehead atoms. The molecule has 0 saturated heterocycles. The number of hydrogen-bond donors (Lipinski definition) is 2. The van der Waals surface area contributed by atoms with Gasteiger partial charge in [0, 0.05) is 12.6 Å². The zero-order valence-electron chi connectivity index (χ0n) is 13.5. The Labute approximate surface area is 134 Å². The molecule has 1 atom stereocenters. The topological polar surface area (TPSA) is 66.4 Å². The summed E-state index contributed by atoms with van der Waals surface area (Å²) in [5, 5.41) is 9.14. The van der Waals surface area contributed by atoms with E-state index in [0.717, 1.165) is 32.1 Å². The predicted octanol–water partition coefficient (Wildman–Crippen LogP) is 3.03. The van der Waals surface area contributed by atoms with E-state index in [4.69, 9.17) is 5.11 Å². The molecule has 1 aromatic carbocycles. The number of aliphatic hydroxyl groups is 1. The third kappa shape index (κ3) is 4.31. The van der Waals surface area contributed by atoms with Crippen LogP contribution in [0.15, 0.2) is 29.2 Å². The Morgan fingerprint density at radius 1 is 1.18 bits per heavy atom. The summed E-state index contributed by atoms with van der Waals surface area (Å²) in [6, 6.07) is 7.20. The van der Waals surface area contributed by atoms with Crippen molar-refractivity contribution in [2.24, 2.45) is 5.92 Å². The van der Waals surface area contributed by atoms with Crippen molar-refractivity contribution in [2.45, 2.75) is 62.8 Å². The largest absolute Gasteiger partial charge is 0.396 e. The second-order valence-electron chi connectivity index (χ2n) is 6.40. The first-order chi connectivity index (χ1) is 10.5. The minimum atomic E-state index is -3.45. The summed E-state index contributed by atoms with van der Waals surface area (Å²) in [5.41, 5.74) is 1.17. The summed E-state index contributed by atoms with van der Waals surface area (Å²) < 4.78 is 27.7. The van der Waals surface area contributed by atoms with Crippen molar-refractivity contribution in [3.63, 3.8) is 0 Å². The van der Waals surface area contributed by atoms with Gasteiger partial charge in [-0.15, -0.1) is 0 Å². The van der Waals surface area contributed by atoms with E-state index in [1.54, 1.807) is 12.1 Å². The van der Waals surface area contributed by atoms with Crippen LogP contribution in [0.1, 0.15) is 57.4 Å². The van der Waals surface area contributed by atoms with Crippen LogP contribution in [0, 0.1) is 5.92 Å². The molecule has 4 nitrogen and oxygen atoms in total. The van der Waals surface area contributed by atoms with Gasteiger partial charge in [0.25, 0.3) is 0 Å². The SMILES string of the molecule is CCC(C)c1ccc(S(=O)(=O)NC2CCC(CO)CC2)cc1. The van der Waals surface area contributed by atoms with E-state index in [9.17, 15) is 8.42 Å². The van der Waals surface area contributed by atoms with Crippen molar-refractivity contribution in [3.05, 3.63) is 29.8 Å². The molecule has 0 aromatic heterocycles. The summed E-state index contributed by atoms with van der Waals surface area (Å²) in [4.78, 5) is 0.337. The second-order valence-corrected chi connectivity index (χ2v) is 8.11. The lowest BCUT2D eigenvalue weighted by Gasteiger charge is -2.27. The quantitative estimate of drug-likeness (QED) is 0.845. The van der Waals surface area contributed by atoms with Gasteiger partial charge >= 0.3 is 0 Å². The molecule has 0 radical (unpaired) electrons. The maximum absolute atomic E-state index is 12.4. The van der Waals surface area contributed by atoms with Gasteiger partial charge in [0.1, 0.15) is 0 Å². The first-order valence-electron chi connectivity index (χ1n) is 8.19. The maximum Gasteiger partial charge on any atom is 0.240 e.